The van der Waals surface area contributed by atoms with E-state index in [1.165, 1.54) is 0 Å². The van der Waals surface area contributed by atoms with Crippen LogP contribution >= 0.6 is 11.6 Å². The van der Waals surface area contributed by atoms with Gasteiger partial charge in [-0.25, -0.2) is 0 Å². The van der Waals surface area contributed by atoms with Gasteiger partial charge < -0.3 is 15.0 Å². The van der Waals surface area contributed by atoms with Gasteiger partial charge in [0.15, 0.2) is 0 Å². The van der Waals surface area contributed by atoms with Gasteiger partial charge in [0.25, 0.3) is 0 Å². The van der Waals surface area contributed by atoms with Gasteiger partial charge in [-0.3, -0.25) is 4.79 Å². The summed E-state index contributed by atoms with van der Waals surface area (Å²) in [6, 6.07) is 8.60. The molecular weight excluding hydrogens is 324 g/mol. The Hall–Kier alpha value is -1.10. The molecule has 0 saturated carbocycles. The average molecular weight is 349 g/mol. The lowest BCUT2D eigenvalue weighted by Crippen LogP contribution is -2.54. The molecule has 2 unspecified atom stereocenters. The smallest absolute Gasteiger partial charge is 0.233 e. The number of nitrogens with zero attached hydrogens (tertiary/aromatic N) is 1. The molecule has 1 N–H and O–H groups in total. The van der Waals surface area contributed by atoms with E-state index in [4.69, 9.17) is 16.3 Å². The predicted octanol–water partition coefficient (Wildman–Crippen LogP) is 2.74. The highest BCUT2D eigenvalue weighted by molar-refractivity contribution is 6.30. The monoisotopic (exact) mass is 348 g/mol. The molecule has 1 aromatic carbocycles. The molecule has 2 bridgehead atoms. The third-order valence-electron chi connectivity index (χ3n) is 6.02. The zero-order chi connectivity index (χ0) is 16.6. The van der Waals surface area contributed by atoms with E-state index in [-0.39, 0.29) is 0 Å². The lowest BCUT2D eigenvalue weighted by Gasteiger charge is -2.42. The number of fused-ring (bicyclic) bond motifs is 2. The molecule has 5 heteroatoms. The van der Waals surface area contributed by atoms with Crippen molar-refractivity contribution in [2.24, 2.45) is 0 Å². The van der Waals surface area contributed by atoms with E-state index in [0.29, 0.717) is 36.2 Å². The maximum Gasteiger partial charge on any atom is 0.233 e. The number of carbonyl (C=O) groups is 1. The Morgan fingerprint density at radius 3 is 2.79 bits per heavy atom. The molecular formula is C19H25ClN2O2. The first-order chi connectivity index (χ1) is 11.7. The largest absolute Gasteiger partial charge is 0.381 e. The number of hydrogen-bond acceptors (Lipinski definition) is 3. The molecule has 4 rings (SSSR count). The van der Waals surface area contributed by atoms with Gasteiger partial charge in [-0.05, 0) is 56.3 Å². The second-order valence-corrected chi connectivity index (χ2v) is 7.73. The Bertz CT molecular complexity index is 601. The molecule has 1 amide bonds. The number of ether oxygens (including phenoxy) is 1. The highest BCUT2D eigenvalue weighted by Gasteiger charge is 2.49. The molecule has 3 aliphatic heterocycles. The summed E-state index contributed by atoms with van der Waals surface area (Å²) >= 11 is 6.25. The molecule has 1 aromatic rings. The van der Waals surface area contributed by atoms with E-state index in [1.807, 2.05) is 18.2 Å². The van der Waals surface area contributed by atoms with E-state index < -0.39 is 5.41 Å². The third-order valence-corrected chi connectivity index (χ3v) is 6.26. The van der Waals surface area contributed by atoms with Gasteiger partial charge in [0, 0.05) is 36.9 Å². The van der Waals surface area contributed by atoms with E-state index in [2.05, 4.69) is 16.3 Å². The molecule has 0 aliphatic carbocycles. The van der Waals surface area contributed by atoms with Crippen molar-refractivity contribution in [1.82, 2.24) is 10.2 Å². The fourth-order valence-corrected chi connectivity index (χ4v) is 4.88. The minimum atomic E-state index is -0.478. The zero-order valence-corrected chi connectivity index (χ0v) is 14.7. The van der Waals surface area contributed by atoms with Gasteiger partial charge in [0.2, 0.25) is 5.91 Å². The fraction of sp³-hybridized carbons (Fsp3) is 0.632. The SMILES string of the molecule is O=C(N1C2CCNCC1CC2)C1(c2cccc(Cl)c2)CCOCC1. The van der Waals surface area contributed by atoms with Crippen LogP contribution in [-0.4, -0.2) is 49.2 Å². The van der Waals surface area contributed by atoms with Crippen LogP contribution in [0, 0.1) is 0 Å². The van der Waals surface area contributed by atoms with Crippen molar-refractivity contribution in [1.29, 1.82) is 0 Å². The molecule has 3 heterocycles. The van der Waals surface area contributed by atoms with Crippen molar-refractivity contribution in [3.8, 4) is 0 Å². The highest BCUT2D eigenvalue weighted by Crippen LogP contribution is 2.41. The Morgan fingerprint density at radius 1 is 1.21 bits per heavy atom. The minimum absolute atomic E-state index is 0.296. The first-order valence-electron chi connectivity index (χ1n) is 9.08. The van der Waals surface area contributed by atoms with Crippen LogP contribution in [0.2, 0.25) is 5.02 Å². The zero-order valence-electron chi connectivity index (χ0n) is 14.0. The fourth-order valence-electron chi connectivity index (χ4n) is 4.69. The number of benzene rings is 1. The van der Waals surface area contributed by atoms with Crippen molar-refractivity contribution in [3.63, 3.8) is 0 Å². The summed E-state index contributed by atoms with van der Waals surface area (Å²) in [7, 11) is 0. The van der Waals surface area contributed by atoms with Crippen LogP contribution in [0.5, 0.6) is 0 Å². The number of hydrogen-bond donors (Lipinski definition) is 1. The Morgan fingerprint density at radius 2 is 2.00 bits per heavy atom. The van der Waals surface area contributed by atoms with Gasteiger partial charge >= 0.3 is 0 Å². The molecule has 3 fully saturated rings. The number of carbonyl (C=O) groups excluding carboxylic acids is 1. The maximum atomic E-state index is 13.8. The number of halogens is 1. The Balaban J connectivity index is 1.72. The topological polar surface area (TPSA) is 41.6 Å². The van der Waals surface area contributed by atoms with Crippen LogP contribution < -0.4 is 5.32 Å². The second kappa shape index (κ2) is 6.66. The summed E-state index contributed by atoms with van der Waals surface area (Å²) < 4.78 is 5.59. The Kier molecular flexibility index (Phi) is 4.54. The van der Waals surface area contributed by atoms with Crippen molar-refractivity contribution < 1.29 is 9.53 Å². The van der Waals surface area contributed by atoms with Crippen LogP contribution in [0.25, 0.3) is 0 Å². The minimum Gasteiger partial charge on any atom is -0.381 e. The van der Waals surface area contributed by atoms with Gasteiger partial charge in [0.05, 0.1) is 5.41 Å². The van der Waals surface area contributed by atoms with E-state index in [0.717, 1.165) is 50.8 Å². The lowest BCUT2D eigenvalue weighted by atomic mass is 9.72. The molecule has 0 radical (unpaired) electrons. The summed E-state index contributed by atoms with van der Waals surface area (Å²) in [5.41, 5.74) is 0.578. The van der Waals surface area contributed by atoms with Crippen molar-refractivity contribution in [2.75, 3.05) is 26.3 Å². The van der Waals surface area contributed by atoms with Gasteiger partial charge in [-0.2, -0.15) is 0 Å². The van der Waals surface area contributed by atoms with Gasteiger partial charge in [-0.15, -0.1) is 0 Å². The van der Waals surface area contributed by atoms with E-state index in [9.17, 15) is 4.79 Å². The van der Waals surface area contributed by atoms with Crippen LogP contribution in [0.4, 0.5) is 0 Å². The first kappa shape index (κ1) is 16.4. The highest BCUT2D eigenvalue weighted by atomic mass is 35.5. The van der Waals surface area contributed by atoms with Crippen LogP contribution in [-0.2, 0) is 14.9 Å². The van der Waals surface area contributed by atoms with Crippen molar-refractivity contribution in [2.45, 2.75) is 49.6 Å². The standard InChI is InChI=1S/C19H25ClN2O2/c20-15-3-1-2-14(12-15)19(7-10-24-11-8-19)18(23)22-16-4-5-17(22)13-21-9-6-16/h1-3,12,16-17,21H,4-11,13H2. The van der Waals surface area contributed by atoms with Gasteiger partial charge in [0.1, 0.15) is 0 Å². The molecule has 3 saturated heterocycles. The molecule has 0 aromatic heterocycles. The summed E-state index contributed by atoms with van der Waals surface area (Å²) in [5, 5.41) is 4.19. The maximum absolute atomic E-state index is 13.8. The van der Waals surface area contributed by atoms with Gasteiger partial charge in [-0.1, -0.05) is 23.7 Å². The summed E-state index contributed by atoms with van der Waals surface area (Å²) in [6.45, 7) is 3.21. The third kappa shape index (κ3) is 2.75. The van der Waals surface area contributed by atoms with E-state index in [1.54, 1.807) is 0 Å². The second-order valence-electron chi connectivity index (χ2n) is 7.30. The van der Waals surface area contributed by atoms with Crippen LogP contribution in [0.1, 0.15) is 37.7 Å². The molecule has 2 atom stereocenters. The molecule has 0 spiro atoms. The van der Waals surface area contributed by atoms with Crippen LogP contribution in [0.3, 0.4) is 0 Å². The molecule has 130 valence electrons. The summed E-state index contributed by atoms with van der Waals surface area (Å²) in [4.78, 5) is 16.0. The predicted molar refractivity (Wildman–Crippen MR) is 94.3 cm³/mol. The average Bonchev–Trinajstić information content (AvgIpc) is 2.87. The lowest BCUT2D eigenvalue weighted by molar-refractivity contribution is -0.144. The van der Waals surface area contributed by atoms with E-state index >= 15 is 0 Å². The van der Waals surface area contributed by atoms with Crippen molar-refractivity contribution in [3.05, 3.63) is 34.9 Å². The molecule has 3 aliphatic rings. The number of nitrogens with one attached hydrogen (secondary N) is 1. The number of amides is 1. The molecule has 24 heavy (non-hydrogen) atoms. The van der Waals surface area contributed by atoms with Crippen molar-refractivity contribution >= 4 is 17.5 Å². The van der Waals surface area contributed by atoms with Crippen LogP contribution in [0.15, 0.2) is 24.3 Å². The Labute approximate surface area is 148 Å². The molecule has 4 nitrogen and oxygen atoms in total. The summed E-state index contributed by atoms with van der Waals surface area (Å²) in [6.07, 6.45) is 4.81. The number of rotatable bonds is 2. The summed E-state index contributed by atoms with van der Waals surface area (Å²) in [5.74, 6) is 0.296. The normalized spacial score (nSPS) is 29.3. The first-order valence-corrected chi connectivity index (χ1v) is 9.46. The quantitative estimate of drug-likeness (QED) is 0.893.